The molecule has 6 nitrogen and oxygen atoms in total. The summed E-state index contributed by atoms with van der Waals surface area (Å²) in [5, 5.41) is 14.9. The van der Waals surface area contributed by atoms with Gasteiger partial charge in [0.2, 0.25) is 5.95 Å². The lowest BCUT2D eigenvalue weighted by Crippen LogP contribution is -2.08. The smallest absolute Gasteiger partial charge is 0.229 e. The van der Waals surface area contributed by atoms with Crippen molar-refractivity contribution in [2.75, 3.05) is 5.32 Å². The van der Waals surface area contributed by atoms with Crippen molar-refractivity contribution in [3.8, 4) is 6.07 Å². The van der Waals surface area contributed by atoms with E-state index >= 15 is 0 Å². The van der Waals surface area contributed by atoms with Crippen LogP contribution in [0.15, 0.2) is 42.7 Å². The van der Waals surface area contributed by atoms with E-state index in [-0.39, 0.29) is 0 Å². The molecular weight excluding hydrogens is 324 g/mol. The molecule has 2 N–H and O–H groups in total. The van der Waals surface area contributed by atoms with E-state index in [1.54, 1.807) is 6.20 Å². The highest BCUT2D eigenvalue weighted by atomic mass is 15.2. The van der Waals surface area contributed by atoms with Crippen LogP contribution in [0.3, 0.4) is 0 Å². The number of benzene rings is 1. The maximum atomic E-state index is 9.53. The quantitative estimate of drug-likeness (QED) is 0.568. The third kappa shape index (κ3) is 2.40. The maximum Gasteiger partial charge on any atom is 0.229 e. The van der Waals surface area contributed by atoms with Gasteiger partial charge < -0.3 is 14.9 Å². The van der Waals surface area contributed by atoms with Gasteiger partial charge in [-0.1, -0.05) is 12.8 Å². The van der Waals surface area contributed by atoms with Crippen LogP contribution >= 0.6 is 0 Å². The SMILES string of the molecule is N#Cc1cc2cnc(Nc3ccc4[nH]ccc4c3)nc2n1C1CCCC1. The van der Waals surface area contributed by atoms with Gasteiger partial charge in [0.15, 0.2) is 0 Å². The van der Waals surface area contributed by atoms with Crippen molar-refractivity contribution < 1.29 is 0 Å². The maximum absolute atomic E-state index is 9.53. The van der Waals surface area contributed by atoms with Crippen LogP contribution in [-0.4, -0.2) is 19.5 Å². The number of H-pyrrole nitrogens is 1. The van der Waals surface area contributed by atoms with Gasteiger partial charge in [0.05, 0.1) is 0 Å². The first-order valence-corrected chi connectivity index (χ1v) is 8.94. The van der Waals surface area contributed by atoms with Crippen molar-refractivity contribution in [2.45, 2.75) is 31.7 Å². The number of aromatic nitrogens is 4. The molecule has 1 aromatic carbocycles. The van der Waals surface area contributed by atoms with Crippen LogP contribution in [0, 0.1) is 11.3 Å². The lowest BCUT2D eigenvalue weighted by molar-refractivity contribution is 0.528. The zero-order valence-electron chi connectivity index (χ0n) is 14.2. The molecule has 1 aliphatic rings. The van der Waals surface area contributed by atoms with Crippen molar-refractivity contribution in [3.63, 3.8) is 0 Å². The first-order valence-electron chi connectivity index (χ1n) is 8.94. The lowest BCUT2D eigenvalue weighted by atomic mass is 10.2. The fourth-order valence-electron chi connectivity index (χ4n) is 3.95. The highest BCUT2D eigenvalue weighted by Gasteiger charge is 2.22. The van der Waals surface area contributed by atoms with Gasteiger partial charge in [-0.15, -0.1) is 0 Å². The minimum absolute atomic E-state index is 0.362. The van der Waals surface area contributed by atoms with Crippen molar-refractivity contribution in [1.29, 1.82) is 5.26 Å². The monoisotopic (exact) mass is 342 g/mol. The highest BCUT2D eigenvalue weighted by Crippen LogP contribution is 2.34. The van der Waals surface area contributed by atoms with Crippen LogP contribution in [-0.2, 0) is 0 Å². The number of anilines is 2. The minimum atomic E-state index is 0.362. The first-order chi connectivity index (χ1) is 12.8. The molecule has 128 valence electrons. The van der Waals surface area contributed by atoms with E-state index in [0.29, 0.717) is 17.7 Å². The molecule has 6 heteroatoms. The summed E-state index contributed by atoms with van der Waals surface area (Å²) in [5.41, 5.74) is 3.55. The van der Waals surface area contributed by atoms with Crippen molar-refractivity contribution in [3.05, 3.63) is 48.4 Å². The van der Waals surface area contributed by atoms with E-state index in [4.69, 9.17) is 4.98 Å². The number of aromatic amines is 1. The number of rotatable bonds is 3. The summed E-state index contributed by atoms with van der Waals surface area (Å²) in [7, 11) is 0. The molecule has 0 spiro atoms. The molecule has 1 saturated carbocycles. The minimum Gasteiger partial charge on any atom is -0.361 e. The summed E-state index contributed by atoms with van der Waals surface area (Å²) in [5.74, 6) is 0.550. The zero-order valence-corrected chi connectivity index (χ0v) is 14.2. The Morgan fingerprint density at radius 1 is 1.15 bits per heavy atom. The van der Waals surface area contributed by atoms with Crippen LogP contribution in [0.25, 0.3) is 21.9 Å². The molecule has 4 aromatic rings. The number of nitriles is 1. The average Bonchev–Trinajstić information content (AvgIpc) is 3.39. The molecule has 3 heterocycles. The Hall–Kier alpha value is -3.33. The third-order valence-electron chi connectivity index (χ3n) is 5.19. The number of nitrogens with one attached hydrogen (secondary N) is 2. The molecule has 0 aliphatic heterocycles. The van der Waals surface area contributed by atoms with Gasteiger partial charge in [-0.2, -0.15) is 10.2 Å². The van der Waals surface area contributed by atoms with Gasteiger partial charge >= 0.3 is 0 Å². The van der Waals surface area contributed by atoms with Crippen molar-refractivity contribution in [2.24, 2.45) is 0 Å². The largest absolute Gasteiger partial charge is 0.361 e. The zero-order chi connectivity index (χ0) is 17.5. The van der Waals surface area contributed by atoms with Crippen LogP contribution in [0.1, 0.15) is 37.4 Å². The van der Waals surface area contributed by atoms with Gasteiger partial charge in [0.25, 0.3) is 0 Å². The summed E-state index contributed by atoms with van der Waals surface area (Å²) in [6.07, 6.45) is 8.36. The second-order valence-corrected chi connectivity index (χ2v) is 6.83. The Bertz CT molecular complexity index is 1140. The molecule has 0 unspecified atom stereocenters. The number of hydrogen-bond acceptors (Lipinski definition) is 4. The predicted molar refractivity (Wildman–Crippen MR) is 101 cm³/mol. The summed E-state index contributed by atoms with van der Waals surface area (Å²) < 4.78 is 2.10. The topological polar surface area (TPSA) is 82.3 Å². The summed E-state index contributed by atoms with van der Waals surface area (Å²) in [6, 6.07) is 12.7. The molecule has 0 amide bonds. The predicted octanol–water partition coefficient (Wildman–Crippen LogP) is 4.64. The third-order valence-corrected chi connectivity index (χ3v) is 5.19. The fraction of sp³-hybridized carbons (Fsp3) is 0.250. The van der Waals surface area contributed by atoms with Crippen LogP contribution in [0.2, 0.25) is 0 Å². The van der Waals surface area contributed by atoms with Crippen LogP contribution in [0.4, 0.5) is 11.6 Å². The fourth-order valence-corrected chi connectivity index (χ4v) is 3.95. The summed E-state index contributed by atoms with van der Waals surface area (Å²) >= 11 is 0. The Balaban J connectivity index is 1.56. The van der Waals surface area contributed by atoms with Gasteiger partial charge in [0.1, 0.15) is 17.4 Å². The van der Waals surface area contributed by atoms with E-state index < -0.39 is 0 Å². The molecule has 0 saturated heterocycles. The van der Waals surface area contributed by atoms with Crippen LogP contribution in [0.5, 0.6) is 0 Å². The van der Waals surface area contributed by atoms with Crippen LogP contribution < -0.4 is 5.32 Å². The normalized spacial score (nSPS) is 14.9. The molecule has 1 fully saturated rings. The Morgan fingerprint density at radius 3 is 2.88 bits per heavy atom. The van der Waals surface area contributed by atoms with E-state index in [2.05, 4.69) is 32.0 Å². The molecule has 0 radical (unpaired) electrons. The molecule has 26 heavy (non-hydrogen) atoms. The Morgan fingerprint density at radius 2 is 2.04 bits per heavy atom. The summed E-state index contributed by atoms with van der Waals surface area (Å²) in [4.78, 5) is 12.4. The molecule has 0 atom stereocenters. The van der Waals surface area contributed by atoms with E-state index in [9.17, 15) is 5.26 Å². The molecular formula is C20H18N6. The second kappa shape index (κ2) is 5.88. The second-order valence-electron chi connectivity index (χ2n) is 6.83. The van der Waals surface area contributed by atoms with Gasteiger partial charge in [-0.3, -0.25) is 0 Å². The van der Waals surface area contributed by atoms with Crippen molar-refractivity contribution in [1.82, 2.24) is 19.5 Å². The number of hydrogen-bond donors (Lipinski definition) is 2. The first kappa shape index (κ1) is 15.0. The Labute approximate surface area is 150 Å². The highest BCUT2D eigenvalue weighted by molar-refractivity contribution is 5.84. The van der Waals surface area contributed by atoms with Gasteiger partial charge in [0, 0.05) is 40.4 Å². The number of fused-ring (bicyclic) bond motifs is 2. The van der Waals surface area contributed by atoms with E-state index in [1.807, 2.05) is 30.5 Å². The molecule has 1 aliphatic carbocycles. The average molecular weight is 342 g/mol. The number of nitrogens with zero attached hydrogens (tertiary/aromatic N) is 4. The van der Waals surface area contributed by atoms with E-state index in [1.165, 1.54) is 12.8 Å². The van der Waals surface area contributed by atoms with E-state index in [0.717, 1.165) is 40.5 Å². The Kier molecular flexibility index (Phi) is 3.39. The van der Waals surface area contributed by atoms with Crippen molar-refractivity contribution >= 4 is 33.6 Å². The molecule has 3 aromatic heterocycles. The van der Waals surface area contributed by atoms with Gasteiger partial charge in [-0.25, -0.2) is 4.98 Å². The molecule has 5 rings (SSSR count). The molecule has 0 bridgehead atoms. The standard InChI is InChI=1S/C20H18N6/c21-11-17-10-14-12-23-20(25-19(14)26(17)16-3-1-2-4-16)24-15-5-6-18-13(9-15)7-8-22-18/h5-10,12,16,22H,1-4H2,(H,23,24,25). The lowest BCUT2D eigenvalue weighted by Gasteiger charge is -2.14. The van der Waals surface area contributed by atoms with Gasteiger partial charge in [-0.05, 0) is 43.2 Å². The summed E-state index contributed by atoms with van der Waals surface area (Å²) in [6.45, 7) is 0.